The van der Waals surface area contributed by atoms with Gasteiger partial charge in [-0.1, -0.05) is 6.07 Å². The van der Waals surface area contributed by atoms with Crippen molar-refractivity contribution >= 4 is 23.0 Å². The summed E-state index contributed by atoms with van der Waals surface area (Å²) in [6, 6.07) is 8.75. The van der Waals surface area contributed by atoms with Crippen molar-refractivity contribution in [2.24, 2.45) is 0 Å². The van der Waals surface area contributed by atoms with Crippen molar-refractivity contribution in [3.63, 3.8) is 0 Å². The Morgan fingerprint density at radius 3 is 2.57 bits per heavy atom. The SMILES string of the molecule is CN1CCc2cc(-c3cccnc3)cc3c2N(CC3)C1=S. The fourth-order valence-electron chi connectivity index (χ4n) is 3.31. The first kappa shape index (κ1) is 12.8. The van der Waals surface area contributed by atoms with Crippen LogP contribution in [0.4, 0.5) is 5.69 Å². The molecule has 0 radical (unpaired) electrons. The molecule has 0 amide bonds. The zero-order chi connectivity index (χ0) is 14.4. The zero-order valence-electron chi connectivity index (χ0n) is 12.0. The lowest BCUT2D eigenvalue weighted by atomic mass is 9.97. The molecule has 0 aliphatic carbocycles. The van der Waals surface area contributed by atoms with Gasteiger partial charge in [0.05, 0.1) is 0 Å². The van der Waals surface area contributed by atoms with Crippen molar-refractivity contribution in [3.8, 4) is 11.1 Å². The lowest BCUT2D eigenvalue weighted by Gasteiger charge is -2.25. The summed E-state index contributed by atoms with van der Waals surface area (Å²) >= 11 is 5.61. The Bertz CT molecular complexity index is 711. The van der Waals surface area contributed by atoms with Gasteiger partial charge in [0.25, 0.3) is 0 Å². The van der Waals surface area contributed by atoms with Crippen molar-refractivity contribution in [1.29, 1.82) is 0 Å². The minimum absolute atomic E-state index is 0.960. The van der Waals surface area contributed by atoms with E-state index in [0.717, 1.165) is 31.0 Å². The van der Waals surface area contributed by atoms with E-state index in [1.54, 1.807) is 0 Å². The Morgan fingerprint density at radius 1 is 1.10 bits per heavy atom. The molecule has 0 spiro atoms. The Morgan fingerprint density at radius 2 is 1.86 bits per heavy atom. The lowest BCUT2D eigenvalue weighted by molar-refractivity contribution is 0.514. The van der Waals surface area contributed by atoms with Gasteiger partial charge < -0.3 is 9.80 Å². The highest BCUT2D eigenvalue weighted by molar-refractivity contribution is 7.80. The molecule has 0 bridgehead atoms. The van der Waals surface area contributed by atoms with Crippen LogP contribution in [0.1, 0.15) is 11.1 Å². The van der Waals surface area contributed by atoms with E-state index in [2.05, 4.69) is 40.0 Å². The monoisotopic (exact) mass is 295 g/mol. The summed E-state index contributed by atoms with van der Waals surface area (Å²) in [7, 11) is 2.09. The maximum Gasteiger partial charge on any atom is 0.175 e. The highest BCUT2D eigenvalue weighted by atomic mass is 32.1. The molecule has 21 heavy (non-hydrogen) atoms. The number of rotatable bonds is 1. The van der Waals surface area contributed by atoms with E-state index in [-0.39, 0.29) is 0 Å². The number of aromatic nitrogens is 1. The van der Waals surface area contributed by atoms with E-state index in [4.69, 9.17) is 12.2 Å². The third kappa shape index (κ3) is 2.02. The third-order valence-corrected chi connectivity index (χ3v) is 4.94. The summed E-state index contributed by atoms with van der Waals surface area (Å²) in [5, 5.41) is 0.960. The zero-order valence-corrected chi connectivity index (χ0v) is 12.9. The highest BCUT2D eigenvalue weighted by Crippen LogP contribution is 2.38. The predicted molar refractivity (Wildman–Crippen MR) is 89.7 cm³/mol. The van der Waals surface area contributed by atoms with E-state index in [0.29, 0.717) is 0 Å². The number of nitrogens with zero attached hydrogens (tertiary/aromatic N) is 3. The van der Waals surface area contributed by atoms with Gasteiger partial charge in [-0.05, 0) is 59.9 Å². The van der Waals surface area contributed by atoms with Crippen LogP contribution in [0.5, 0.6) is 0 Å². The molecule has 4 heteroatoms. The topological polar surface area (TPSA) is 19.4 Å². The first-order valence-corrected chi connectivity index (χ1v) is 7.74. The molecular formula is C17H17N3S. The van der Waals surface area contributed by atoms with Gasteiger partial charge >= 0.3 is 0 Å². The number of hydrogen-bond acceptors (Lipinski definition) is 2. The predicted octanol–water partition coefficient (Wildman–Crippen LogP) is 2.88. The van der Waals surface area contributed by atoms with Crippen LogP contribution < -0.4 is 4.90 Å². The van der Waals surface area contributed by atoms with E-state index in [1.807, 2.05) is 18.5 Å². The fourth-order valence-corrected chi connectivity index (χ4v) is 3.59. The molecule has 3 nitrogen and oxygen atoms in total. The summed E-state index contributed by atoms with van der Waals surface area (Å²) in [6.45, 7) is 1.99. The van der Waals surface area contributed by atoms with Crippen molar-refractivity contribution in [1.82, 2.24) is 9.88 Å². The molecule has 2 aliphatic heterocycles. The van der Waals surface area contributed by atoms with Crippen LogP contribution in [-0.2, 0) is 12.8 Å². The highest BCUT2D eigenvalue weighted by Gasteiger charge is 2.30. The van der Waals surface area contributed by atoms with Crippen molar-refractivity contribution < 1.29 is 0 Å². The minimum atomic E-state index is 0.960. The molecule has 1 aromatic carbocycles. The summed E-state index contributed by atoms with van der Waals surface area (Å²) in [5.74, 6) is 0. The van der Waals surface area contributed by atoms with Crippen LogP contribution in [-0.4, -0.2) is 35.1 Å². The van der Waals surface area contributed by atoms with E-state index in [9.17, 15) is 0 Å². The van der Waals surface area contributed by atoms with Gasteiger partial charge in [0.1, 0.15) is 0 Å². The van der Waals surface area contributed by atoms with Gasteiger partial charge in [0, 0.05) is 43.8 Å². The molecular weight excluding hydrogens is 278 g/mol. The quantitative estimate of drug-likeness (QED) is 0.753. The van der Waals surface area contributed by atoms with Gasteiger partial charge in [-0.2, -0.15) is 0 Å². The second-order valence-electron chi connectivity index (χ2n) is 5.74. The Balaban J connectivity index is 1.87. The summed E-state index contributed by atoms with van der Waals surface area (Å²) in [5.41, 5.74) is 6.65. The number of likely N-dealkylation sites (N-methyl/N-ethyl adjacent to an activating group) is 1. The van der Waals surface area contributed by atoms with Gasteiger partial charge in [-0.3, -0.25) is 4.98 Å². The molecule has 2 aromatic rings. The lowest BCUT2D eigenvalue weighted by Crippen LogP contribution is -2.39. The van der Waals surface area contributed by atoms with Crippen LogP contribution in [0.15, 0.2) is 36.7 Å². The average molecular weight is 295 g/mol. The first-order valence-electron chi connectivity index (χ1n) is 7.33. The Labute approximate surface area is 130 Å². The molecule has 0 N–H and O–H groups in total. The van der Waals surface area contributed by atoms with Crippen LogP contribution in [0.2, 0.25) is 0 Å². The molecule has 3 heterocycles. The summed E-state index contributed by atoms with van der Waals surface area (Å²) < 4.78 is 0. The summed E-state index contributed by atoms with van der Waals surface area (Å²) in [6.07, 6.45) is 5.88. The normalized spacial score (nSPS) is 16.9. The molecule has 0 unspecified atom stereocenters. The van der Waals surface area contributed by atoms with Gasteiger partial charge in [0.15, 0.2) is 5.11 Å². The van der Waals surface area contributed by atoms with Crippen LogP contribution in [0, 0.1) is 0 Å². The molecule has 0 saturated heterocycles. The molecule has 4 rings (SSSR count). The second kappa shape index (κ2) is 4.81. The Hall–Kier alpha value is -1.94. The number of thiocarbonyl (C=S) groups is 1. The van der Waals surface area contributed by atoms with Crippen LogP contribution in [0.25, 0.3) is 11.1 Å². The molecule has 1 aromatic heterocycles. The number of anilines is 1. The van der Waals surface area contributed by atoms with E-state index < -0.39 is 0 Å². The molecule has 2 aliphatic rings. The van der Waals surface area contributed by atoms with Gasteiger partial charge in [0.2, 0.25) is 0 Å². The molecule has 0 atom stereocenters. The van der Waals surface area contributed by atoms with Crippen molar-refractivity contribution in [3.05, 3.63) is 47.8 Å². The van der Waals surface area contributed by atoms with Gasteiger partial charge in [-0.25, -0.2) is 0 Å². The van der Waals surface area contributed by atoms with E-state index >= 15 is 0 Å². The fraction of sp³-hybridized carbons (Fsp3) is 0.294. The second-order valence-corrected chi connectivity index (χ2v) is 6.11. The maximum atomic E-state index is 5.61. The standard InChI is InChI=1S/C17H17N3S/c1-19-7-4-12-9-15(14-3-2-6-18-11-14)10-13-5-8-20(16(12)13)17(19)21/h2-3,6,9-11H,4-5,7-8H2,1H3. The first-order chi connectivity index (χ1) is 10.2. The smallest absolute Gasteiger partial charge is 0.175 e. The third-order valence-electron chi connectivity index (χ3n) is 4.41. The Kier molecular flexibility index (Phi) is 2.93. The minimum Gasteiger partial charge on any atom is -0.352 e. The van der Waals surface area contributed by atoms with E-state index in [1.165, 1.54) is 27.9 Å². The van der Waals surface area contributed by atoms with Gasteiger partial charge in [-0.15, -0.1) is 0 Å². The molecule has 106 valence electrons. The molecule has 0 saturated carbocycles. The average Bonchev–Trinajstić information content (AvgIpc) is 2.91. The molecule has 0 fully saturated rings. The summed E-state index contributed by atoms with van der Waals surface area (Å²) in [4.78, 5) is 8.74. The maximum absolute atomic E-state index is 5.61. The number of pyridine rings is 1. The van der Waals surface area contributed by atoms with Crippen LogP contribution >= 0.6 is 12.2 Å². The number of benzene rings is 1. The largest absolute Gasteiger partial charge is 0.352 e. The van der Waals surface area contributed by atoms with Crippen molar-refractivity contribution in [2.45, 2.75) is 12.8 Å². The number of hydrogen-bond donors (Lipinski definition) is 0. The van der Waals surface area contributed by atoms with Crippen LogP contribution in [0.3, 0.4) is 0 Å². The van der Waals surface area contributed by atoms with Crippen molar-refractivity contribution in [2.75, 3.05) is 25.0 Å².